The van der Waals surface area contributed by atoms with E-state index in [2.05, 4.69) is 13.8 Å². The minimum absolute atomic E-state index is 0.0222. The second-order valence-electron chi connectivity index (χ2n) is 4.65. The number of ether oxygens (including phenoxy) is 1. The van der Waals surface area contributed by atoms with E-state index in [1.54, 1.807) is 7.11 Å². The number of carbonyl (C=O) groups is 1. The molecule has 13 heavy (non-hydrogen) atoms. The molecule has 1 unspecified atom stereocenters. The maximum absolute atomic E-state index is 11.0. The first-order valence-electron chi connectivity index (χ1n) is 5.10. The lowest BCUT2D eigenvalue weighted by Crippen LogP contribution is -2.23. The average Bonchev–Trinajstić information content (AvgIpc) is 2.48. The molecule has 2 nitrogen and oxygen atoms in total. The van der Waals surface area contributed by atoms with Gasteiger partial charge in [0, 0.05) is 20.0 Å². The SMILES string of the molecule is COC(C)(C)CCC1CCC(=O)C1. The van der Waals surface area contributed by atoms with Crippen molar-refractivity contribution < 1.29 is 9.53 Å². The van der Waals surface area contributed by atoms with Gasteiger partial charge in [0.15, 0.2) is 0 Å². The summed E-state index contributed by atoms with van der Waals surface area (Å²) in [6.07, 6.45) is 4.89. The minimum Gasteiger partial charge on any atom is -0.379 e. The van der Waals surface area contributed by atoms with Crippen LogP contribution in [0, 0.1) is 5.92 Å². The predicted octanol–water partition coefficient (Wildman–Crippen LogP) is 2.56. The van der Waals surface area contributed by atoms with Crippen LogP contribution in [0.5, 0.6) is 0 Å². The van der Waals surface area contributed by atoms with Crippen LogP contribution >= 0.6 is 0 Å². The zero-order valence-electron chi connectivity index (χ0n) is 8.93. The molecule has 76 valence electrons. The Bertz CT molecular complexity index is 185. The second kappa shape index (κ2) is 4.23. The molecule has 0 N–H and O–H groups in total. The molecule has 0 heterocycles. The smallest absolute Gasteiger partial charge is 0.133 e. The van der Waals surface area contributed by atoms with Gasteiger partial charge >= 0.3 is 0 Å². The summed E-state index contributed by atoms with van der Waals surface area (Å²) in [5.74, 6) is 1.07. The van der Waals surface area contributed by atoms with Crippen LogP contribution in [0.2, 0.25) is 0 Å². The molecule has 0 amide bonds. The van der Waals surface area contributed by atoms with Gasteiger partial charge in [-0.1, -0.05) is 0 Å². The largest absolute Gasteiger partial charge is 0.379 e. The number of hydrogen-bond donors (Lipinski definition) is 0. The van der Waals surface area contributed by atoms with E-state index >= 15 is 0 Å². The van der Waals surface area contributed by atoms with Gasteiger partial charge in [0.25, 0.3) is 0 Å². The Hall–Kier alpha value is -0.370. The standard InChI is InChI=1S/C11H20O2/c1-11(2,13-3)7-6-9-4-5-10(12)8-9/h9H,4-8H2,1-3H3. The van der Waals surface area contributed by atoms with E-state index in [0.717, 1.165) is 32.1 Å². The van der Waals surface area contributed by atoms with Gasteiger partial charge in [0.2, 0.25) is 0 Å². The number of hydrogen-bond acceptors (Lipinski definition) is 2. The molecule has 0 bridgehead atoms. The van der Waals surface area contributed by atoms with Gasteiger partial charge in [-0.15, -0.1) is 0 Å². The van der Waals surface area contributed by atoms with Crippen molar-refractivity contribution in [2.24, 2.45) is 5.92 Å². The molecule has 0 aromatic heterocycles. The molecule has 1 fully saturated rings. The lowest BCUT2D eigenvalue weighted by atomic mass is 9.94. The highest BCUT2D eigenvalue weighted by atomic mass is 16.5. The Morgan fingerprint density at radius 2 is 2.23 bits per heavy atom. The summed E-state index contributed by atoms with van der Waals surface area (Å²) >= 11 is 0. The lowest BCUT2D eigenvalue weighted by molar-refractivity contribution is -0.117. The molecule has 1 aliphatic carbocycles. The molecule has 1 atom stereocenters. The highest BCUT2D eigenvalue weighted by Gasteiger charge is 2.25. The summed E-state index contributed by atoms with van der Waals surface area (Å²) < 4.78 is 5.34. The van der Waals surface area contributed by atoms with Gasteiger partial charge in [-0.3, -0.25) is 4.79 Å². The summed E-state index contributed by atoms with van der Waals surface area (Å²) in [7, 11) is 1.75. The van der Waals surface area contributed by atoms with Crippen molar-refractivity contribution in [1.29, 1.82) is 0 Å². The van der Waals surface area contributed by atoms with Crippen molar-refractivity contribution in [2.45, 2.75) is 51.6 Å². The van der Waals surface area contributed by atoms with Gasteiger partial charge in [0.05, 0.1) is 5.60 Å². The fourth-order valence-electron chi connectivity index (χ4n) is 1.79. The van der Waals surface area contributed by atoms with Crippen LogP contribution in [-0.2, 0) is 9.53 Å². The third-order valence-corrected chi connectivity index (χ3v) is 3.06. The van der Waals surface area contributed by atoms with Crippen molar-refractivity contribution in [3.8, 4) is 0 Å². The van der Waals surface area contributed by atoms with Gasteiger partial charge in [0.1, 0.15) is 5.78 Å². The molecule has 1 aliphatic rings. The Labute approximate surface area is 80.7 Å². The second-order valence-corrected chi connectivity index (χ2v) is 4.65. The van der Waals surface area contributed by atoms with Gasteiger partial charge in [-0.05, 0) is 39.0 Å². The highest BCUT2D eigenvalue weighted by Crippen LogP contribution is 2.29. The quantitative estimate of drug-likeness (QED) is 0.671. The molecular weight excluding hydrogens is 164 g/mol. The summed E-state index contributed by atoms with van der Waals surface area (Å²) in [5.41, 5.74) is -0.0222. The van der Waals surface area contributed by atoms with Crippen molar-refractivity contribution in [3.05, 3.63) is 0 Å². The highest BCUT2D eigenvalue weighted by molar-refractivity contribution is 5.80. The average molecular weight is 184 g/mol. The summed E-state index contributed by atoms with van der Waals surface area (Å²) in [4.78, 5) is 11.0. The van der Waals surface area contributed by atoms with E-state index in [0.29, 0.717) is 11.7 Å². The number of Topliss-reactive ketones (excluding diaryl/α,β-unsaturated/α-hetero) is 1. The van der Waals surface area contributed by atoms with E-state index in [1.807, 2.05) is 0 Å². The summed E-state index contributed by atoms with van der Waals surface area (Å²) in [6.45, 7) is 4.20. The number of rotatable bonds is 4. The van der Waals surface area contributed by atoms with Gasteiger partial charge < -0.3 is 4.74 Å². The van der Waals surface area contributed by atoms with E-state index in [-0.39, 0.29) is 5.60 Å². The molecule has 2 heteroatoms. The van der Waals surface area contributed by atoms with Gasteiger partial charge in [-0.2, -0.15) is 0 Å². The maximum Gasteiger partial charge on any atom is 0.133 e. The van der Waals surface area contributed by atoms with Crippen LogP contribution in [0.4, 0.5) is 0 Å². The third kappa shape index (κ3) is 3.47. The van der Waals surface area contributed by atoms with Crippen molar-refractivity contribution in [2.75, 3.05) is 7.11 Å². The zero-order valence-corrected chi connectivity index (χ0v) is 8.93. The fraction of sp³-hybridized carbons (Fsp3) is 0.909. The van der Waals surface area contributed by atoms with E-state index in [9.17, 15) is 4.79 Å². The molecule has 0 spiro atoms. The normalized spacial score (nSPS) is 23.9. The third-order valence-electron chi connectivity index (χ3n) is 3.06. The van der Waals surface area contributed by atoms with Crippen LogP contribution in [0.15, 0.2) is 0 Å². The van der Waals surface area contributed by atoms with Crippen LogP contribution in [0.25, 0.3) is 0 Å². The minimum atomic E-state index is -0.0222. The fourth-order valence-corrected chi connectivity index (χ4v) is 1.79. The van der Waals surface area contributed by atoms with Crippen LogP contribution in [-0.4, -0.2) is 18.5 Å². The molecule has 1 rings (SSSR count). The first-order chi connectivity index (χ1) is 6.03. The van der Waals surface area contributed by atoms with Crippen molar-refractivity contribution >= 4 is 5.78 Å². The Morgan fingerprint density at radius 3 is 2.69 bits per heavy atom. The Balaban J connectivity index is 2.23. The maximum atomic E-state index is 11.0. The monoisotopic (exact) mass is 184 g/mol. The molecule has 0 radical (unpaired) electrons. The Kier molecular flexibility index (Phi) is 3.48. The van der Waals surface area contributed by atoms with Crippen LogP contribution < -0.4 is 0 Å². The number of carbonyl (C=O) groups excluding carboxylic acids is 1. The first-order valence-corrected chi connectivity index (χ1v) is 5.10. The number of ketones is 1. The molecular formula is C11H20O2. The molecule has 0 aliphatic heterocycles. The van der Waals surface area contributed by atoms with E-state index in [4.69, 9.17) is 4.74 Å². The lowest BCUT2D eigenvalue weighted by Gasteiger charge is -2.24. The van der Waals surface area contributed by atoms with Gasteiger partial charge in [-0.25, -0.2) is 0 Å². The Morgan fingerprint density at radius 1 is 1.54 bits per heavy atom. The van der Waals surface area contributed by atoms with Crippen molar-refractivity contribution in [1.82, 2.24) is 0 Å². The molecule has 0 aromatic carbocycles. The molecule has 1 saturated carbocycles. The number of methoxy groups -OCH3 is 1. The molecule has 0 saturated heterocycles. The molecule has 0 aromatic rings. The predicted molar refractivity (Wildman–Crippen MR) is 52.7 cm³/mol. The van der Waals surface area contributed by atoms with E-state index in [1.165, 1.54) is 0 Å². The summed E-state index contributed by atoms with van der Waals surface area (Å²) in [6, 6.07) is 0. The van der Waals surface area contributed by atoms with Crippen LogP contribution in [0.3, 0.4) is 0 Å². The first kappa shape index (κ1) is 10.7. The van der Waals surface area contributed by atoms with Crippen molar-refractivity contribution in [3.63, 3.8) is 0 Å². The zero-order chi connectivity index (χ0) is 9.90. The van der Waals surface area contributed by atoms with E-state index < -0.39 is 0 Å². The van der Waals surface area contributed by atoms with Crippen LogP contribution in [0.1, 0.15) is 46.0 Å². The summed E-state index contributed by atoms with van der Waals surface area (Å²) in [5, 5.41) is 0. The topological polar surface area (TPSA) is 26.3 Å².